The second kappa shape index (κ2) is 26.4. The molecule has 3 aromatic carbocycles. The number of para-hydroxylation sites is 1. The first-order chi connectivity index (χ1) is 39.9. The number of fused-ring (bicyclic) bond motifs is 5. The maximum atomic E-state index is 14.5. The zero-order valence-electron chi connectivity index (χ0n) is 50.3. The number of aliphatic hydroxyl groups is 4. The van der Waals surface area contributed by atoms with Gasteiger partial charge in [0.2, 0.25) is 5.76 Å². The van der Waals surface area contributed by atoms with Gasteiger partial charge in [-0.2, -0.15) is 0 Å². The van der Waals surface area contributed by atoms with Crippen LogP contribution < -0.4 is 5.32 Å². The first-order valence-electron chi connectivity index (χ1n) is 30.9. The molecule has 15 nitrogen and oxygen atoms in total. The number of nitrogens with zero attached hydrogens (tertiary/aromatic N) is 1. The van der Waals surface area contributed by atoms with E-state index in [2.05, 4.69) is 46.9 Å². The van der Waals surface area contributed by atoms with Gasteiger partial charge in [0.15, 0.2) is 6.10 Å². The zero-order chi connectivity index (χ0) is 60.4. The van der Waals surface area contributed by atoms with E-state index < -0.39 is 80.6 Å². The summed E-state index contributed by atoms with van der Waals surface area (Å²) in [5.74, 6) is -0.278. The van der Waals surface area contributed by atoms with Crippen LogP contribution in [-0.2, 0) is 39.2 Å². The third kappa shape index (κ3) is 13.5. The number of rotatable bonds is 24. The average molecular weight is 1180 g/mol. The lowest BCUT2D eigenvalue weighted by Gasteiger charge is -2.61. The number of halogens is 1. The molecule has 4 saturated carbocycles. The number of anilines is 1. The van der Waals surface area contributed by atoms with Crippen molar-refractivity contribution < 1.29 is 67.2 Å². The van der Waals surface area contributed by atoms with Crippen molar-refractivity contribution in [2.24, 2.45) is 58.2 Å². The molecule has 1 aromatic heterocycles. The molecule has 17 heteroatoms. The summed E-state index contributed by atoms with van der Waals surface area (Å²) in [6.07, 6.45) is 3.37. The summed E-state index contributed by atoms with van der Waals surface area (Å²) in [6.45, 7) is 17.6. The van der Waals surface area contributed by atoms with E-state index in [0.717, 1.165) is 36.7 Å². The molecule has 15 atom stereocenters. The number of benzene rings is 3. The third-order valence-corrected chi connectivity index (χ3v) is 21.6. The predicted molar refractivity (Wildman–Crippen MR) is 319 cm³/mol. The van der Waals surface area contributed by atoms with E-state index in [1.165, 1.54) is 50.7 Å². The van der Waals surface area contributed by atoms with E-state index in [9.17, 15) is 48.7 Å². The Kier molecular flexibility index (Phi) is 19.9. The fourth-order valence-corrected chi connectivity index (χ4v) is 17.0. The lowest BCUT2D eigenvalue weighted by atomic mass is 9.44. The molecule has 458 valence electrons. The van der Waals surface area contributed by atoms with Crippen molar-refractivity contribution in [2.75, 3.05) is 11.9 Å². The van der Waals surface area contributed by atoms with E-state index in [0.29, 0.717) is 81.6 Å². The van der Waals surface area contributed by atoms with Gasteiger partial charge in [0, 0.05) is 23.5 Å². The van der Waals surface area contributed by atoms with Crippen LogP contribution in [0.15, 0.2) is 96.4 Å². The first kappa shape index (κ1) is 63.3. The van der Waals surface area contributed by atoms with Gasteiger partial charge in [-0.25, -0.2) is 13.8 Å². The summed E-state index contributed by atoms with van der Waals surface area (Å²) in [5, 5.41) is 46.5. The van der Waals surface area contributed by atoms with Crippen LogP contribution in [-0.4, -0.2) is 84.9 Å². The van der Waals surface area contributed by atoms with Crippen LogP contribution in [0.4, 0.5) is 10.1 Å². The zero-order valence-corrected chi connectivity index (χ0v) is 51.1. The molecular formula is C67H90FN2O13P. The number of aliphatic hydroxyl groups excluding tert-OH is 4. The molecular weight excluding hydrogens is 1090 g/mol. The summed E-state index contributed by atoms with van der Waals surface area (Å²) in [7, 11) is -5.12. The highest BCUT2D eigenvalue weighted by molar-refractivity contribution is 7.47. The Morgan fingerprint density at radius 1 is 0.810 bits per heavy atom. The SMILES string of the molecule is CC(C)c1c(C(=O)Nc2ccccc2)c(-c2ccccc2)c(-c2ccc(F)cc2)n1CC[C@@H](O)C[C@@H](O)CC(=O)OC1=C(OP(=O)(O)O[C@H]2CC[C@@]3(C)[C@@H](CC[C@@H]4[C@@H]3CC[C@]3(C)[C@@H]([C@H](C)CC[C@@H](C)C(C)C)CC[C@@H]43)C2)C(=O)OC1C(O)CO. The summed E-state index contributed by atoms with van der Waals surface area (Å²) < 4.78 is 52.4. The lowest BCUT2D eigenvalue weighted by molar-refractivity contribution is -0.152. The number of esters is 2. The number of phosphoric ester groups is 1. The molecule has 0 saturated heterocycles. The van der Waals surface area contributed by atoms with Crippen LogP contribution in [0.1, 0.15) is 167 Å². The molecule has 0 spiro atoms. The lowest BCUT2D eigenvalue weighted by Crippen LogP contribution is -2.54. The Bertz CT molecular complexity index is 3020. The largest absolute Gasteiger partial charge is 0.528 e. The van der Waals surface area contributed by atoms with Gasteiger partial charge in [0.05, 0.1) is 42.6 Å². The highest BCUT2D eigenvalue weighted by atomic mass is 31.2. The summed E-state index contributed by atoms with van der Waals surface area (Å²) in [4.78, 5) is 52.8. The fourth-order valence-electron chi connectivity index (χ4n) is 16.0. The molecule has 84 heavy (non-hydrogen) atoms. The number of hydrogen-bond donors (Lipinski definition) is 6. The van der Waals surface area contributed by atoms with E-state index in [4.69, 9.17) is 18.5 Å². The number of nitrogens with one attached hydrogen (secondary N) is 1. The second-order valence-corrected chi connectivity index (χ2v) is 27.8. The Labute approximate surface area is 495 Å². The number of carbonyl (C=O) groups excluding carboxylic acids is 3. The summed E-state index contributed by atoms with van der Waals surface area (Å²) in [5.41, 5.74) is 4.57. The molecule has 1 amide bonds. The predicted octanol–water partition coefficient (Wildman–Crippen LogP) is 13.1. The molecule has 3 unspecified atom stereocenters. The van der Waals surface area contributed by atoms with E-state index in [1.54, 1.807) is 24.3 Å². The molecule has 0 radical (unpaired) electrons. The third-order valence-electron chi connectivity index (χ3n) is 20.7. The first-order valence-corrected chi connectivity index (χ1v) is 32.4. The fraction of sp³-hybridized carbons (Fsp3) is 0.597. The molecule has 9 rings (SSSR count). The normalized spacial score (nSPS) is 28.3. The highest BCUT2D eigenvalue weighted by Gasteiger charge is 2.61. The van der Waals surface area contributed by atoms with Crippen molar-refractivity contribution in [3.05, 3.63) is 114 Å². The number of amides is 1. The van der Waals surface area contributed by atoms with Gasteiger partial charge in [0.25, 0.3) is 11.7 Å². The standard InChI is InChI=1S/C67H90FN2O13P/c1-39(2)41(5)19-20-42(6)52-27-28-53-51-26-23-45-35-50(29-32-66(45,7)54(51)30-33-67(52,53)8)82-84(78,79)83-63-62(61(55(74)38-71)81-65(63)77)80-56(75)37-49(73)36-48(72)31-34-70-59(40(3)4)58(64(76)69-47-17-13-10-14-18-47)57(43-15-11-9-12-16-43)60(70)44-21-24-46(68)25-22-44/h9-18,21-22,24-25,39-42,45,48-55,61,71-74H,19-20,23,26-38H2,1-8H3,(H,69,76)(H,78,79)/t41-,42-,45+,48-,49-,50+,51+,52-,53+,54+,55?,61?,66+,67-/m1/s1. The van der Waals surface area contributed by atoms with Gasteiger partial charge in [-0.1, -0.05) is 117 Å². The maximum Gasteiger partial charge on any atom is 0.528 e. The quantitative estimate of drug-likeness (QED) is 0.0284. The van der Waals surface area contributed by atoms with Crippen LogP contribution in [0.3, 0.4) is 0 Å². The van der Waals surface area contributed by atoms with Crippen LogP contribution in [0.2, 0.25) is 0 Å². The molecule has 4 aliphatic carbocycles. The minimum absolute atomic E-state index is 0.0188. The molecule has 0 bridgehead atoms. The smallest absolute Gasteiger partial charge is 0.445 e. The number of phosphoric acid groups is 1. The Balaban J connectivity index is 0.852. The Hall–Kier alpha value is -5.19. The molecule has 4 aromatic rings. The highest BCUT2D eigenvalue weighted by Crippen LogP contribution is 2.69. The topological polar surface area (TPSA) is 223 Å². The van der Waals surface area contributed by atoms with Crippen molar-refractivity contribution >= 4 is 31.4 Å². The molecule has 2 heterocycles. The summed E-state index contributed by atoms with van der Waals surface area (Å²) >= 11 is 0. The van der Waals surface area contributed by atoms with Gasteiger partial charge in [-0.3, -0.25) is 19.0 Å². The molecule has 6 N–H and O–H groups in total. The number of aromatic nitrogens is 1. The molecule has 4 fully saturated rings. The van der Waals surface area contributed by atoms with Gasteiger partial charge in [-0.15, -0.1) is 0 Å². The number of cyclic esters (lactones) is 1. The van der Waals surface area contributed by atoms with Gasteiger partial charge >= 0.3 is 19.8 Å². The van der Waals surface area contributed by atoms with Crippen molar-refractivity contribution in [2.45, 2.75) is 188 Å². The van der Waals surface area contributed by atoms with Gasteiger partial charge < -0.3 is 44.3 Å². The minimum Gasteiger partial charge on any atom is -0.445 e. The van der Waals surface area contributed by atoms with Crippen molar-refractivity contribution in [3.63, 3.8) is 0 Å². The number of ether oxygens (including phenoxy) is 2. The molecule has 1 aliphatic heterocycles. The van der Waals surface area contributed by atoms with Gasteiger partial charge in [0.1, 0.15) is 11.9 Å². The average Bonchev–Trinajstić information content (AvgIpc) is 1.54. The van der Waals surface area contributed by atoms with E-state index in [-0.39, 0.29) is 42.5 Å². The van der Waals surface area contributed by atoms with Crippen molar-refractivity contribution in [1.82, 2.24) is 4.57 Å². The Morgan fingerprint density at radius 3 is 2.14 bits per heavy atom. The second-order valence-electron chi connectivity index (χ2n) is 26.5. The van der Waals surface area contributed by atoms with Gasteiger partial charge in [-0.05, 0) is 182 Å². The number of hydrogen-bond acceptors (Lipinski definition) is 12. The van der Waals surface area contributed by atoms with Crippen molar-refractivity contribution in [1.29, 1.82) is 0 Å². The Morgan fingerprint density at radius 2 is 1.48 bits per heavy atom. The van der Waals surface area contributed by atoms with Crippen LogP contribution >= 0.6 is 7.82 Å². The van der Waals surface area contributed by atoms with Crippen LogP contribution in [0.5, 0.6) is 0 Å². The van der Waals surface area contributed by atoms with E-state index in [1.807, 2.05) is 66.9 Å². The van der Waals surface area contributed by atoms with Crippen molar-refractivity contribution in [3.8, 4) is 22.4 Å². The minimum atomic E-state index is -5.12. The monoisotopic (exact) mass is 1180 g/mol. The molecule has 5 aliphatic rings. The number of carbonyl (C=O) groups is 3. The van der Waals surface area contributed by atoms with E-state index >= 15 is 0 Å². The maximum absolute atomic E-state index is 14.5. The summed E-state index contributed by atoms with van der Waals surface area (Å²) in [6, 6.07) is 24.3. The van der Waals surface area contributed by atoms with Crippen LogP contribution in [0, 0.1) is 64.0 Å². The van der Waals surface area contributed by atoms with Crippen LogP contribution in [0.25, 0.3) is 22.4 Å².